The van der Waals surface area contributed by atoms with Gasteiger partial charge in [-0.3, -0.25) is 4.90 Å². The molecule has 1 aromatic rings. The topological polar surface area (TPSA) is 41.3 Å². The van der Waals surface area contributed by atoms with Gasteiger partial charge in [-0.2, -0.15) is 0 Å². The van der Waals surface area contributed by atoms with E-state index in [-0.39, 0.29) is 5.54 Å². The first-order valence-corrected chi connectivity index (χ1v) is 6.41. The summed E-state index contributed by atoms with van der Waals surface area (Å²) in [5.74, 6) is 0.891. The number of aryl methyl sites for hydroxylation is 1. The van der Waals surface area contributed by atoms with Crippen molar-refractivity contribution in [1.82, 2.24) is 15.4 Å². The van der Waals surface area contributed by atoms with Crippen molar-refractivity contribution in [2.24, 2.45) is 0 Å². The molecule has 0 spiro atoms. The molecule has 0 bridgehead atoms. The van der Waals surface area contributed by atoms with Gasteiger partial charge in [0.1, 0.15) is 5.76 Å². The molecule has 2 rings (SSSR count). The van der Waals surface area contributed by atoms with Gasteiger partial charge in [-0.05, 0) is 27.2 Å². The monoisotopic (exact) mass is 237 g/mol. The highest BCUT2D eigenvalue weighted by Crippen LogP contribution is 2.19. The fourth-order valence-electron chi connectivity index (χ4n) is 2.50. The van der Waals surface area contributed by atoms with Gasteiger partial charge < -0.3 is 9.84 Å². The predicted molar refractivity (Wildman–Crippen MR) is 67.8 cm³/mol. The third kappa shape index (κ3) is 3.07. The third-order valence-corrected chi connectivity index (χ3v) is 3.44. The van der Waals surface area contributed by atoms with Crippen LogP contribution in [0.2, 0.25) is 0 Å². The van der Waals surface area contributed by atoms with Crippen LogP contribution in [0, 0.1) is 6.92 Å². The number of hydrogen-bond donors (Lipinski definition) is 1. The number of aromatic nitrogens is 1. The van der Waals surface area contributed by atoms with E-state index in [0.29, 0.717) is 6.04 Å². The van der Waals surface area contributed by atoms with E-state index < -0.39 is 0 Å². The lowest BCUT2D eigenvalue weighted by Crippen LogP contribution is -2.61. The minimum atomic E-state index is 0.185. The van der Waals surface area contributed by atoms with E-state index in [0.717, 1.165) is 31.1 Å². The summed E-state index contributed by atoms with van der Waals surface area (Å²) in [6.07, 6.45) is 1.17. The molecule has 4 nitrogen and oxygen atoms in total. The van der Waals surface area contributed by atoms with Crippen LogP contribution in [-0.2, 0) is 6.54 Å². The molecular weight excluding hydrogens is 214 g/mol. The third-order valence-electron chi connectivity index (χ3n) is 3.44. The zero-order chi connectivity index (χ0) is 12.5. The Morgan fingerprint density at radius 1 is 1.59 bits per heavy atom. The maximum Gasteiger partial charge on any atom is 0.133 e. The normalized spacial score (nSPS) is 25.1. The summed E-state index contributed by atoms with van der Waals surface area (Å²) < 4.78 is 5.13. The van der Waals surface area contributed by atoms with E-state index in [2.05, 4.69) is 36.1 Å². The van der Waals surface area contributed by atoms with Gasteiger partial charge in [-0.25, -0.2) is 0 Å². The molecule has 1 aliphatic heterocycles. The minimum Gasteiger partial charge on any atom is -0.361 e. The molecule has 1 atom stereocenters. The van der Waals surface area contributed by atoms with Gasteiger partial charge in [-0.15, -0.1) is 0 Å². The SMILES string of the molecule is CCC1CNC(C)(C)CN1Cc1cc(C)on1. The molecule has 2 heterocycles. The molecular formula is C13H23N3O. The summed E-state index contributed by atoms with van der Waals surface area (Å²) >= 11 is 0. The van der Waals surface area contributed by atoms with E-state index in [1.54, 1.807) is 0 Å². The van der Waals surface area contributed by atoms with Crippen LogP contribution in [0.3, 0.4) is 0 Å². The van der Waals surface area contributed by atoms with E-state index in [9.17, 15) is 0 Å². The fraction of sp³-hybridized carbons (Fsp3) is 0.769. The molecule has 0 aromatic carbocycles. The Labute approximate surface area is 103 Å². The average Bonchev–Trinajstić information content (AvgIpc) is 2.63. The largest absolute Gasteiger partial charge is 0.361 e. The Balaban J connectivity index is 2.05. The zero-order valence-electron chi connectivity index (χ0n) is 11.3. The maximum absolute atomic E-state index is 5.13. The van der Waals surface area contributed by atoms with Crippen LogP contribution in [0.25, 0.3) is 0 Å². The van der Waals surface area contributed by atoms with Crippen molar-refractivity contribution in [3.8, 4) is 0 Å². The molecule has 0 amide bonds. The van der Waals surface area contributed by atoms with Crippen LogP contribution in [0.5, 0.6) is 0 Å². The smallest absolute Gasteiger partial charge is 0.133 e. The number of hydrogen-bond acceptors (Lipinski definition) is 4. The highest BCUT2D eigenvalue weighted by atomic mass is 16.5. The Hall–Kier alpha value is -0.870. The second kappa shape index (κ2) is 4.78. The molecule has 4 heteroatoms. The van der Waals surface area contributed by atoms with Gasteiger partial charge in [0.05, 0.1) is 5.69 Å². The van der Waals surface area contributed by atoms with Crippen LogP contribution in [0.1, 0.15) is 38.6 Å². The van der Waals surface area contributed by atoms with Crippen molar-refractivity contribution < 1.29 is 4.52 Å². The predicted octanol–water partition coefficient (Wildman–Crippen LogP) is 1.95. The zero-order valence-corrected chi connectivity index (χ0v) is 11.3. The first-order chi connectivity index (χ1) is 8.00. The minimum absolute atomic E-state index is 0.185. The first kappa shape index (κ1) is 12.6. The highest BCUT2D eigenvalue weighted by Gasteiger charge is 2.31. The molecule has 1 saturated heterocycles. The summed E-state index contributed by atoms with van der Waals surface area (Å²) in [6, 6.07) is 2.63. The van der Waals surface area contributed by atoms with Gasteiger partial charge in [0.15, 0.2) is 0 Å². The number of rotatable bonds is 3. The molecule has 17 heavy (non-hydrogen) atoms. The Morgan fingerprint density at radius 2 is 2.35 bits per heavy atom. The van der Waals surface area contributed by atoms with Gasteiger partial charge in [-0.1, -0.05) is 12.1 Å². The summed E-state index contributed by atoms with van der Waals surface area (Å²) in [4.78, 5) is 2.51. The molecule has 0 aliphatic carbocycles. The van der Waals surface area contributed by atoms with Crippen molar-refractivity contribution in [2.75, 3.05) is 13.1 Å². The second-order valence-corrected chi connectivity index (χ2v) is 5.66. The lowest BCUT2D eigenvalue weighted by atomic mass is 9.97. The maximum atomic E-state index is 5.13. The summed E-state index contributed by atoms with van der Waals surface area (Å²) in [5.41, 5.74) is 1.23. The van der Waals surface area contributed by atoms with Crippen molar-refractivity contribution in [2.45, 2.75) is 52.2 Å². The molecule has 0 radical (unpaired) electrons. The lowest BCUT2D eigenvalue weighted by Gasteiger charge is -2.44. The molecule has 1 aliphatic rings. The van der Waals surface area contributed by atoms with Crippen LogP contribution in [0.4, 0.5) is 0 Å². The van der Waals surface area contributed by atoms with Crippen LogP contribution >= 0.6 is 0 Å². The van der Waals surface area contributed by atoms with Crippen LogP contribution in [0.15, 0.2) is 10.6 Å². The lowest BCUT2D eigenvalue weighted by molar-refractivity contribution is 0.0836. The Morgan fingerprint density at radius 3 is 2.94 bits per heavy atom. The fourth-order valence-corrected chi connectivity index (χ4v) is 2.50. The van der Waals surface area contributed by atoms with E-state index >= 15 is 0 Å². The number of nitrogens with zero attached hydrogens (tertiary/aromatic N) is 2. The quantitative estimate of drug-likeness (QED) is 0.872. The van der Waals surface area contributed by atoms with Crippen LogP contribution in [-0.4, -0.2) is 34.7 Å². The van der Waals surface area contributed by atoms with Crippen molar-refractivity contribution in [3.05, 3.63) is 17.5 Å². The highest BCUT2D eigenvalue weighted by molar-refractivity contribution is 5.05. The molecule has 96 valence electrons. The average molecular weight is 237 g/mol. The van der Waals surface area contributed by atoms with Crippen molar-refractivity contribution >= 4 is 0 Å². The standard InChI is InChI=1S/C13H23N3O/c1-5-12-7-14-13(3,4)9-16(12)8-11-6-10(2)17-15-11/h6,12,14H,5,7-9H2,1-4H3. The van der Waals surface area contributed by atoms with Gasteiger partial charge >= 0.3 is 0 Å². The van der Waals surface area contributed by atoms with Crippen LogP contribution < -0.4 is 5.32 Å². The first-order valence-electron chi connectivity index (χ1n) is 6.41. The van der Waals surface area contributed by atoms with E-state index in [1.165, 1.54) is 6.42 Å². The van der Waals surface area contributed by atoms with Crippen molar-refractivity contribution in [1.29, 1.82) is 0 Å². The molecule has 1 aromatic heterocycles. The van der Waals surface area contributed by atoms with E-state index in [1.807, 2.05) is 13.0 Å². The molecule has 0 saturated carbocycles. The summed E-state index contributed by atoms with van der Waals surface area (Å²) in [6.45, 7) is 11.7. The molecule has 1 fully saturated rings. The van der Waals surface area contributed by atoms with Gasteiger partial charge in [0, 0.05) is 37.3 Å². The molecule has 1 N–H and O–H groups in total. The van der Waals surface area contributed by atoms with E-state index in [4.69, 9.17) is 4.52 Å². The van der Waals surface area contributed by atoms with Gasteiger partial charge in [0.25, 0.3) is 0 Å². The van der Waals surface area contributed by atoms with Crippen molar-refractivity contribution in [3.63, 3.8) is 0 Å². The second-order valence-electron chi connectivity index (χ2n) is 5.66. The number of piperazine rings is 1. The summed E-state index contributed by atoms with van der Waals surface area (Å²) in [7, 11) is 0. The summed E-state index contributed by atoms with van der Waals surface area (Å²) in [5, 5.41) is 7.68. The number of nitrogens with one attached hydrogen (secondary N) is 1. The van der Waals surface area contributed by atoms with Gasteiger partial charge in [0.2, 0.25) is 0 Å². The Kier molecular flexibility index (Phi) is 3.54. The molecule has 1 unspecified atom stereocenters. The Bertz CT molecular complexity index is 372.